The molecular formula is C15H20N2O4. The van der Waals surface area contributed by atoms with E-state index in [-0.39, 0.29) is 0 Å². The zero-order valence-electron chi connectivity index (χ0n) is 12.7. The third-order valence-corrected chi connectivity index (χ3v) is 3.36. The van der Waals surface area contributed by atoms with Gasteiger partial charge in [-0.2, -0.15) is 5.10 Å². The molecule has 0 bridgehead atoms. The van der Waals surface area contributed by atoms with Crippen LogP contribution in [0.3, 0.4) is 0 Å². The van der Waals surface area contributed by atoms with Crippen molar-refractivity contribution in [2.45, 2.75) is 19.6 Å². The molecule has 21 heavy (non-hydrogen) atoms. The lowest BCUT2D eigenvalue weighted by molar-refractivity contribution is 0.202. The molecule has 2 rings (SSSR count). The van der Waals surface area contributed by atoms with Crippen LogP contribution in [0.4, 0.5) is 0 Å². The zero-order valence-corrected chi connectivity index (χ0v) is 12.7. The van der Waals surface area contributed by atoms with Crippen molar-refractivity contribution in [3.05, 3.63) is 35.7 Å². The van der Waals surface area contributed by atoms with Crippen LogP contribution in [0, 0.1) is 0 Å². The van der Waals surface area contributed by atoms with Gasteiger partial charge in [0.15, 0.2) is 11.5 Å². The number of hydrogen-bond acceptors (Lipinski definition) is 5. The quantitative estimate of drug-likeness (QED) is 0.882. The first-order valence-corrected chi connectivity index (χ1v) is 6.65. The van der Waals surface area contributed by atoms with E-state index in [4.69, 9.17) is 14.2 Å². The lowest BCUT2D eigenvalue weighted by Crippen LogP contribution is -2.10. The third kappa shape index (κ3) is 2.80. The molecule has 0 saturated heterocycles. The van der Waals surface area contributed by atoms with E-state index in [2.05, 4.69) is 5.10 Å². The highest BCUT2D eigenvalue weighted by atomic mass is 16.5. The number of rotatable bonds is 6. The highest BCUT2D eigenvalue weighted by Crippen LogP contribution is 2.39. The topological polar surface area (TPSA) is 65.7 Å². The summed E-state index contributed by atoms with van der Waals surface area (Å²) in [6.07, 6.45) is 0.803. The normalized spacial score (nSPS) is 12.0. The van der Waals surface area contributed by atoms with Crippen molar-refractivity contribution in [3.63, 3.8) is 0 Å². The number of benzene rings is 1. The van der Waals surface area contributed by atoms with Gasteiger partial charge in [-0.05, 0) is 19.1 Å². The van der Waals surface area contributed by atoms with Crippen LogP contribution in [0.5, 0.6) is 17.2 Å². The van der Waals surface area contributed by atoms with Gasteiger partial charge in [-0.3, -0.25) is 4.68 Å². The largest absolute Gasteiger partial charge is 0.496 e. The SMILES string of the molecule is CCn1nccc1C(O)c1cc(OC)c(OC)cc1OC. The maximum absolute atomic E-state index is 10.7. The van der Waals surface area contributed by atoms with Crippen molar-refractivity contribution in [2.75, 3.05) is 21.3 Å². The molecule has 1 unspecified atom stereocenters. The summed E-state index contributed by atoms with van der Waals surface area (Å²) >= 11 is 0. The molecule has 0 aliphatic carbocycles. The van der Waals surface area contributed by atoms with Crippen LogP contribution in [-0.2, 0) is 6.54 Å². The van der Waals surface area contributed by atoms with Crippen LogP contribution in [0.25, 0.3) is 0 Å². The van der Waals surface area contributed by atoms with Crippen molar-refractivity contribution in [1.29, 1.82) is 0 Å². The molecule has 0 saturated carbocycles. The smallest absolute Gasteiger partial charge is 0.164 e. The maximum atomic E-state index is 10.7. The molecule has 1 aromatic carbocycles. The lowest BCUT2D eigenvalue weighted by Gasteiger charge is -2.18. The Morgan fingerprint density at radius 1 is 1.10 bits per heavy atom. The Morgan fingerprint density at radius 3 is 2.29 bits per heavy atom. The van der Waals surface area contributed by atoms with Crippen molar-refractivity contribution in [1.82, 2.24) is 9.78 Å². The molecule has 0 spiro atoms. The molecule has 0 fully saturated rings. The van der Waals surface area contributed by atoms with E-state index in [1.165, 1.54) is 0 Å². The molecule has 6 nitrogen and oxygen atoms in total. The minimum absolute atomic E-state index is 0.531. The first-order valence-electron chi connectivity index (χ1n) is 6.65. The van der Waals surface area contributed by atoms with Crippen LogP contribution in [0.2, 0.25) is 0 Å². The Bertz CT molecular complexity index is 610. The van der Waals surface area contributed by atoms with E-state index in [1.54, 1.807) is 50.4 Å². The Labute approximate surface area is 123 Å². The summed E-state index contributed by atoms with van der Waals surface area (Å²) in [4.78, 5) is 0. The summed E-state index contributed by atoms with van der Waals surface area (Å²) in [7, 11) is 4.66. The lowest BCUT2D eigenvalue weighted by atomic mass is 10.0. The number of ether oxygens (including phenoxy) is 3. The Balaban J connectivity index is 2.51. The van der Waals surface area contributed by atoms with Crippen LogP contribution in [0.15, 0.2) is 24.4 Å². The first kappa shape index (κ1) is 15.2. The van der Waals surface area contributed by atoms with Crippen LogP contribution >= 0.6 is 0 Å². The summed E-state index contributed by atoms with van der Waals surface area (Å²) in [5.74, 6) is 1.62. The highest BCUT2D eigenvalue weighted by molar-refractivity contribution is 5.52. The van der Waals surface area contributed by atoms with Gasteiger partial charge in [0.2, 0.25) is 0 Å². The molecule has 0 amide bonds. The molecule has 6 heteroatoms. The number of methoxy groups -OCH3 is 3. The summed E-state index contributed by atoms with van der Waals surface area (Å²) in [5.41, 5.74) is 1.30. The Morgan fingerprint density at radius 2 is 1.71 bits per heavy atom. The molecule has 0 aliphatic heterocycles. The Kier molecular flexibility index (Phi) is 4.70. The summed E-state index contributed by atoms with van der Waals surface area (Å²) in [6.45, 7) is 2.64. The maximum Gasteiger partial charge on any atom is 0.164 e. The van der Waals surface area contributed by atoms with Gasteiger partial charge in [0, 0.05) is 24.4 Å². The third-order valence-electron chi connectivity index (χ3n) is 3.36. The fraction of sp³-hybridized carbons (Fsp3) is 0.400. The number of aryl methyl sites for hydroxylation is 1. The van der Waals surface area contributed by atoms with Crippen molar-refractivity contribution >= 4 is 0 Å². The average molecular weight is 292 g/mol. The monoisotopic (exact) mass is 292 g/mol. The number of nitrogens with zero attached hydrogens (tertiary/aromatic N) is 2. The van der Waals surface area contributed by atoms with Gasteiger partial charge in [0.1, 0.15) is 11.9 Å². The van der Waals surface area contributed by atoms with Crippen molar-refractivity contribution in [2.24, 2.45) is 0 Å². The molecular weight excluding hydrogens is 272 g/mol. The van der Waals surface area contributed by atoms with E-state index < -0.39 is 6.10 Å². The molecule has 1 N–H and O–H groups in total. The predicted molar refractivity (Wildman–Crippen MR) is 78.1 cm³/mol. The minimum Gasteiger partial charge on any atom is -0.496 e. The van der Waals surface area contributed by atoms with E-state index in [9.17, 15) is 5.11 Å². The fourth-order valence-electron chi connectivity index (χ4n) is 2.27. The predicted octanol–water partition coefficient (Wildman–Crippen LogP) is 2.01. The standard InChI is InChI=1S/C15H20N2O4/c1-5-17-11(6-7-16-17)15(18)10-8-13(20-3)14(21-4)9-12(10)19-2/h6-9,15,18H,5H2,1-4H3. The minimum atomic E-state index is -0.859. The van der Waals surface area contributed by atoms with E-state index in [0.717, 1.165) is 0 Å². The Hall–Kier alpha value is -2.21. The zero-order chi connectivity index (χ0) is 15.4. The van der Waals surface area contributed by atoms with Crippen LogP contribution in [0.1, 0.15) is 24.3 Å². The molecule has 1 heterocycles. The molecule has 114 valence electrons. The van der Waals surface area contributed by atoms with Gasteiger partial charge in [-0.15, -0.1) is 0 Å². The second-order valence-electron chi connectivity index (χ2n) is 4.42. The fourth-order valence-corrected chi connectivity index (χ4v) is 2.27. The van der Waals surface area contributed by atoms with Gasteiger partial charge in [0.25, 0.3) is 0 Å². The van der Waals surface area contributed by atoms with Crippen LogP contribution < -0.4 is 14.2 Å². The average Bonchev–Trinajstić information content (AvgIpc) is 3.01. The molecule has 2 aromatic rings. The second-order valence-corrected chi connectivity index (χ2v) is 4.42. The molecule has 0 radical (unpaired) electrons. The van der Waals surface area contributed by atoms with Crippen molar-refractivity contribution < 1.29 is 19.3 Å². The second kappa shape index (κ2) is 6.49. The summed E-state index contributed by atoms with van der Waals surface area (Å²) < 4.78 is 17.6. The first-order chi connectivity index (χ1) is 10.2. The number of aromatic nitrogens is 2. The molecule has 1 aromatic heterocycles. The van der Waals surface area contributed by atoms with E-state index in [1.807, 2.05) is 6.92 Å². The van der Waals surface area contributed by atoms with E-state index in [0.29, 0.717) is 35.1 Å². The van der Waals surface area contributed by atoms with Crippen LogP contribution in [-0.4, -0.2) is 36.2 Å². The van der Waals surface area contributed by atoms with Gasteiger partial charge < -0.3 is 19.3 Å². The highest BCUT2D eigenvalue weighted by Gasteiger charge is 2.22. The number of hydrogen-bond donors (Lipinski definition) is 1. The number of aliphatic hydroxyl groups excluding tert-OH is 1. The van der Waals surface area contributed by atoms with Crippen molar-refractivity contribution in [3.8, 4) is 17.2 Å². The summed E-state index contributed by atoms with van der Waals surface area (Å²) in [5, 5.41) is 14.8. The van der Waals surface area contributed by atoms with Gasteiger partial charge in [0.05, 0.1) is 27.0 Å². The summed E-state index contributed by atoms with van der Waals surface area (Å²) in [6, 6.07) is 5.20. The molecule has 1 atom stereocenters. The van der Waals surface area contributed by atoms with Gasteiger partial charge in [-0.1, -0.05) is 0 Å². The number of aliphatic hydroxyl groups is 1. The van der Waals surface area contributed by atoms with Gasteiger partial charge >= 0.3 is 0 Å². The van der Waals surface area contributed by atoms with Gasteiger partial charge in [-0.25, -0.2) is 0 Å². The van der Waals surface area contributed by atoms with E-state index >= 15 is 0 Å². The molecule has 0 aliphatic rings.